The van der Waals surface area contributed by atoms with Gasteiger partial charge >= 0.3 is 0 Å². The van der Waals surface area contributed by atoms with Gasteiger partial charge in [-0.1, -0.05) is 42.8 Å². The van der Waals surface area contributed by atoms with E-state index in [1.165, 1.54) is 0 Å². The van der Waals surface area contributed by atoms with Gasteiger partial charge in [0, 0.05) is 6.54 Å². The van der Waals surface area contributed by atoms with Crippen molar-refractivity contribution in [1.82, 2.24) is 10.0 Å². The van der Waals surface area contributed by atoms with E-state index in [0.717, 1.165) is 19.4 Å². The maximum atomic E-state index is 12.2. The number of sulfonamides is 1. The van der Waals surface area contributed by atoms with Crippen LogP contribution in [-0.2, 0) is 19.9 Å². The molecule has 0 atom stereocenters. The number of nitrogens with one attached hydrogen (secondary N) is 2. The van der Waals surface area contributed by atoms with E-state index in [2.05, 4.69) is 10.0 Å². The zero-order valence-corrected chi connectivity index (χ0v) is 17.5. The fourth-order valence-electron chi connectivity index (χ4n) is 2.69. The minimum absolute atomic E-state index is 0.165. The highest BCUT2D eigenvalue weighted by atomic mass is 32.2. The van der Waals surface area contributed by atoms with Gasteiger partial charge in [-0.05, 0) is 56.6 Å². The van der Waals surface area contributed by atoms with Crippen molar-refractivity contribution >= 4 is 19.9 Å². The van der Waals surface area contributed by atoms with Gasteiger partial charge < -0.3 is 5.32 Å². The molecule has 154 valence electrons. The number of sulfone groups is 1. The van der Waals surface area contributed by atoms with Gasteiger partial charge in [-0.3, -0.25) is 0 Å². The average molecular weight is 425 g/mol. The van der Waals surface area contributed by atoms with Gasteiger partial charge in [-0.2, -0.15) is 0 Å². The second kappa shape index (κ2) is 11.3. The molecule has 0 aliphatic rings. The van der Waals surface area contributed by atoms with E-state index in [9.17, 15) is 16.8 Å². The van der Waals surface area contributed by atoms with Crippen LogP contribution in [0.15, 0.2) is 70.5 Å². The van der Waals surface area contributed by atoms with Crippen molar-refractivity contribution in [3.05, 3.63) is 60.7 Å². The highest BCUT2D eigenvalue weighted by molar-refractivity contribution is 7.91. The fourth-order valence-corrected chi connectivity index (χ4v) is 5.18. The molecule has 2 aromatic carbocycles. The van der Waals surface area contributed by atoms with Crippen LogP contribution < -0.4 is 10.0 Å². The fraction of sp³-hybridized carbons (Fsp3) is 0.400. The molecule has 6 nitrogen and oxygen atoms in total. The minimum atomic E-state index is -3.44. The molecule has 0 radical (unpaired) electrons. The summed E-state index contributed by atoms with van der Waals surface area (Å²) in [7, 11) is -6.62. The van der Waals surface area contributed by atoms with Crippen molar-refractivity contribution in [1.29, 1.82) is 0 Å². The largest absolute Gasteiger partial charge is 0.317 e. The molecule has 0 aliphatic heterocycles. The summed E-state index contributed by atoms with van der Waals surface area (Å²) in [6, 6.07) is 16.8. The molecule has 0 amide bonds. The molecule has 2 aromatic rings. The maximum Gasteiger partial charge on any atom is 0.240 e. The number of hydrogen-bond donors (Lipinski definition) is 2. The molecular formula is C20H28N2O4S2. The zero-order chi connectivity index (χ0) is 20.3. The van der Waals surface area contributed by atoms with Crippen molar-refractivity contribution in [3.8, 4) is 0 Å². The Hall–Kier alpha value is -1.74. The smallest absolute Gasteiger partial charge is 0.240 e. The molecule has 0 unspecified atom stereocenters. The Morgan fingerprint density at radius 3 is 1.82 bits per heavy atom. The van der Waals surface area contributed by atoms with E-state index >= 15 is 0 Å². The van der Waals surface area contributed by atoms with Crippen LogP contribution >= 0.6 is 0 Å². The van der Waals surface area contributed by atoms with Gasteiger partial charge in [0.05, 0.1) is 15.5 Å². The van der Waals surface area contributed by atoms with Gasteiger partial charge in [0.2, 0.25) is 10.0 Å². The first-order valence-electron chi connectivity index (χ1n) is 9.45. The molecule has 0 saturated carbocycles. The summed E-state index contributed by atoms with van der Waals surface area (Å²) in [6.07, 6.45) is 3.05. The Labute approximate surface area is 168 Å². The normalized spacial score (nSPS) is 12.1. The summed E-state index contributed by atoms with van der Waals surface area (Å²) in [5, 5.41) is 3.26. The lowest BCUT2D eigenvalue weighted by Crippen LogP contribution is -2.27. The van der Waals surface area contributed by atoms with E-state index in [1.807, 2.05) is 0 Å². The minimum Gasteiger partial charge on any atom is -0.317 e. The quantitative estimate of drug-likeness (QED) is 0.482. The molecule has 28 heavy (non-hydrogen) atoms. The molecule has 0 heterocycles. The third kappa shape index (κ3) is 7.71. The molecule has 0 aromatic heterocycles. The van der Waals surface area contributed by atoms with Crippen LogP contribution in [0.4, 0.5) is 0 Å². The topological polar surface area (TPSA) is 92.3 Å². The predicted molar refractivity (Wildman–Crippen MR) is 111 cm³/mol. The van der Waals surface area contributed by atoms with E-state index in [0.29, 0.717) is 30.8 Å². The number of unbranched alkanes of at least 4 members (excludes halogenated alkanes) is 2. The van der Waals surface area contributed by atoms with Gasteiger partial charge in [-0.15, -0.1) is 0 Å². The number of rotatable bonds is 13. The number of benzene rings is 2. The van der Waals surface area contributed by atoms with Crippen molar-refractivity contribution in [2.45, 2.75) is 35.5 Å². The summed E-state index contributed by atoms with van der Waals surface area (Å²) in [4.78, 5) is 0.652. The molecule has 0 aliphatic carbocycles. The zero-order valence-electron chi connectivity index (χ0n) is 15.9. The Kier molecular flexibility index (Phi) is 9.11. The Morgan fingerprint density at radius 2 is 1.18 bits per heavy atom. The van der Waals surface area contributed by atoms with Crippen LogP contribution in [0.3, 0.4) is 0 Å². The van der Waals surface area contributed by atoms with Crippen LogP contribution in [0.5, 0.6) is 0 Å². The van der Waals surface area contributed by atoms with Crippen LogP contribution in [0.25, 0.3) is 0 Å². The third-order valence-corrected chi connectivity index (χ3v) is 7.54. The summed E-state index contributed by atoms with van der Waals surface area (Å²) < 4.78 is 51.0. The van der Waals surface area contributed by atoms with Crippen molar-refractivity contribution in [3.63, 3.8) is 0 Å². The molecule has 2 N–H and O–H groups in total. The lowest BCUT2D eigenvalue weighted by molar-refractivity contribution is 0.565. The first kappa shape index (κ1) is 22.5. The molecule has 0 saturated heterocycles. The van der Waals surface area contributed by atoms with Gasteiger partial charge in [0.1, 0.15) is 0 Å². The third-order valence-electron chi connectivity index (χ3n) is 4.24. The Morgan fingerprint density at radius 1 is 0.607 bits per heavy atom. The van der Waals surface area contributed by atoms with E-state index in [1.54, 1.807) is 60.7 Å². The van der Waals surface area contributed by atoms with Gasteiger partial charge in [0.15, 0.2) is 9.84 Å². The van der Waals surface area contributed by atoms with Crippen molar-refractivity contribution in [2.24, 2.45) is 0 Å². The van der Waals surface area contributed by atoms with Gasteiger partial charge in [0.25, 0.3) is 0 Å². The monoisotopic (exact) mass is 424 g/mol. The Balaban J connectivity index is 1.51. The molecule has 0 bridgehead atoms. The second-order valence-electron chi connectivity index (χ2n) is 6.51. The van der Waals surface area contributed by atoms with E-state index < -0.39 is 19.9 Å². The first-order valence-corrected chi connectivity index (χ1v) is 12.6. The van der Waals surface area contributed by atoms with Crippen molar-refractivity contribution < 1.29 is 16.8 Å². The van der Waals surface area contributed by atoms with Crippen LogP contribution in [0, 0.1) is 0 Å². The van der Waals surface area contributed by atoms with Crippen LogP contribution in [0.1, 0.15) is 25.7 Å². The van der Waals surface area contributed by atoms with E-state index in [-0.39, 0.29) is 10.6 Å². The lowest BCUT2D eigenvalue weighted by atomic mass is 10.2. The van der Waals surface area contributed by atoms with Gasteiger partial charge in [-0.25, -0.2) is 21.6 Å². The Bertz CT molecular complexity index is 822. The van der Waals surface area contributed by atoms with Crippen molar-refractivity contribution in [2.75, 3.05) is 25.4 Å². The molecule has 0 spiro atoms. The second-order valence-corrected chi connectivity index (χ2v) is 10.4. The standard InChI is InChI=1S/C20H28N2O4S2/c23-27(24,19-11-4-1-5-12-19)18-9-3-8-15-21-16-10-17-22-28(25,26)20-13-6-2-7-14-20/h1-2,4-7,11-14,21-22H,3,8-10,15-18H2. The maximum absolute atomic E-state index is 12.2. The summed E-state index contributed by atoms with van der Waals surface area (Å²) in [5.74, 6) is 0.165. The van der Waals surface area contributed by atoms with Crippen LogP contribution in [0.2, 0.25) is 0 Å². The highest BCUT2D eigenvalue weighted by Gasteiger charge is 2.13. The SMILES string of the molecule is O=S(=O)(CCCCCNCCCNS(=O)(=O)c1ccccc1)c1ccccc1. The first-order chi connectivity index (χ1) is 13.4. The summed E-state index contributed by atoms with van der Waals surface area (Å²) in [5.41, 5.74) is 0. The summed E-state index contributed by atoms with van der Waals surface area (Å²) in [6.45, 7) is 1.87. The summed E-state index contributed by atoms with van der Waals surface area (Å²) >= 11 is 0. The van der Waals surface area contributed by atoms with E-state index in [4.69, 9.17) is 0 Å². The van der Waals surface area contributed by atoms with Crippen LogP contribution in [-0.4, -0.2) is 42.2 Å². The molecular weight excluding hydrogens is 396 g/mol. The molecule has 8 heteroatoms. The highest BCUT2D eigenvalue weighted by Crippen LogP contribution is 2.12. The average Bonchev–Trinajstić information content (AvgIpc) is 2.70. The molecule has 2 rings (SSSR count). The lowest BCUT2D eigenvalue weighted by Gasteiger charge is -2.08. The number of hydrogen-bond acceptors (Lipinski definition) is 5. The predicted octanol–water partition coefficient (Wildman–Crippen LogP) is 2.59. The molecule has 0 fully saturated rings.